The van der Waals surface area contributed by atoms with Gasteiger partial charge in [-0.2, -0.15) is 0 Å². The maximum atomic E-state index is 11.1. The van der Waals surface area contributed by atoms with Gasteiger partial charge in [0, 0.05) is 31.6 Å². The Kier molecular flexibility index (Phi) is 5.47. The van der Waals surface area contributed by atoms with Gasteiger partial charge in [0.1, 0.15) is 12.4 Å². The Morgan fingerprint density at radius 2 is 2.10 bits per heavy atom. The molecule has 1 N–H and O–H groups in total. The van der Waals surface area contributed by atoms with Crippen LogP contribution < -0.4 is 15.0 Å². The first-order chi connectivity index (χ1) is 9.96. The van der Waals surface area contributed by atoms with Crippen molar-refractivity contribution in [1.82, 2.24) is 5.32 Å². The highest BCUT2D eigenvalue weighted by Gasteiger charge is 2.12. The topological polar surface area (TPSA) is 58.6 Å². The Hall–Kier alpha value is -1.27. The van der Waals surface area contributed by atoms with E-state index in [1.165, 1.54) is 11.9 Å². The maximum Gasteiger partial charge on any atom is 0.150 e. The summed E-state index contributed by atoms with van der Waals surface area (Å²) in [4.78, 5) is 2.38. The Morgan fingerprint density at radius 1 is 1.29 bits per heavy atom. The highest BCUT2D eigenvalue weighted by Crippen LogP contribution is 2.25. The molecule has 0 spiro atoms. The molecular formula is C15H24N2O3S. The Bertz CT molecular complexity index is 564. The van der Waals surface area contributed by atoms with Crippen LogP contribution in [0.2, 0.25) is 0 Å². The number of hydrogen-bond acceptors (Lipinski definition) is 5. The van der Waals surface area contributed by atoms with Crippen molar-refractivity contribution in [2.24, 2.45) is 0 Å². The van der Waals surface area contributed by atoms with Crippen molar-refractivity contribution in [3.8, 4) is 5.75 Å². The Balaban J connectivity index is 1.99. The largest absolute Gasteiger partial charge is 0.493 e. The zero-order valence-corrected chi connectivity index (χ0v) is 13.6. The van der Waals surface area contributed by atoms with Crippen LogP contribution in [-0.2, 0) is 9.84 Å². The first kappa shape index (κ1) is 16.1. The fraction of sp³-hybridized carbons (Fsp3) is 0.600. The second kappa shape index (κ2) is 7.13. The third kappa shape index (κ3) is 5.21. The van der Waals surface area contributed by atoms with E-state index in [-0.39, 0.29) is 12.4 Å². The minimum atomic E-state index is -2.97. The number of ether oxygens (including phenoxy) is 1. The van der Waals surface area contributed by atoms with E-state index in [2.05, 4.69) is 23.2 Å². The number of anilines is 1. The van der Waals surface area contributed by atoms with Gasteiger partial charge >= 0.3 is 0 Å². The number of hydrogen-bond donors (Lipinski definition) is 1. The summed E-state index contributed by atoms with van der Waals surface area (Å²) in [6, 6.07) is 5.97. The van der Waals surface area contributed by atoms with E-state index in [1.807, 2.05) is 12.1 Å². The van der Waals surface area contributed by atoms with E-state index in [1.54, 1.807) is 0 Å². The lowest BCUT2D eigenvalue weighted by Crippen LogP contribution is -2.28. The third-order valence-corrected chi connectivity index (χ3v) is 4.48. The summed E-state index contributed by atoms with van der Waals surface area (Å²) in [6.07, 6.45) is 2.37. The molecular weight excluding hydrogens is 288 g/mol. The van der Waals surface area contributed by atoms with Crippen LogP contribution in [0.15, 0.2) is 18.2 Å². The normalized spacial score (nSPS) is 16.6. The summed E-state index contributed by atoms with van der Waals surface area (Å²) < 4.78 is 27.7. The van der Waals surface area contributed by atoms with Crippen molar-refractivity contribution in [3.63, 3.8) is 0 Å². The van der Waals surface area contributed by atoms with Crippen LogP contribution in [-0.4, -0.2) is 53.2 Å². The van der Waals surface area contributed by atoms with E-state index < -0.39 is 9.84 Å². The molecule has 5 nitrogen and oxygen atoms in total. The monoisotopic (exact) mass is 312 g/mol. The van der Waals surface area contributed by atoms with Crippen LogP contribution in [0, 0.1) is 6.92 Å². The molecule has 21 heavy (non-hydrogen) atoms. The summed E-state index contributed by atoms with van der Waals surface area (Å²) >= 11 is 0. The number of nitrogens with zero attached hydrogens (tertiary/aromatic N) is 1. The van der Waals surface area contributed by atoms with E-state index in [0.29, 0.717) is 0 Å². The number of sulfone groups is 1. The second-order valence-electron chi connectivity index (χ2n) is 5.52. The lowest BCUT2D eigenvalue weighted by molar-refractivity contribution is 0.341. The molecule has 1 aromatic rings. The average molecular weight is 312 g/mol. The van der Waals surface area contributed by atoms with Gasteiger partial charge in [-0.15, -0.1) is 0 Å². The van der Waals surface area contributed by atoms with Crippen LogP contribution in [0.5, 0.6) is 5.75 Å². The summed E-state index contributed by atoms with van der Waals surface area (Å²) in [5.74, 6) is 0.777. The lowest BCUT2D eigenvalue weighted by atomic mass is 10.1. The molecule has 0 atom stereocenters. The highest BCUT2D eigenvalue weighted by molar-refractivity contribution is 7.90. The molecule has 1 aromatic carbocycles. The third-order valence-electron chi connectivity index (χ3n) is 3.57. The molecule has 2 rings (SSSR count). The maximum absolute atomic E-state index is 11.1. The molecule has 1 fully saturated rings. The molecule has 0 amide bonds. The van der Waals surface area contributed by atoms with Crippen molar-refractivity contribution in [3.05, 3.63) is 23.8 Å². The molecule has 0 aliphatic carbocycles. The zero-order chi connectivity index (χ0) is 15.3. The summed E-state index contributed by atoms with van der Waals surface area (Å²) in [6.45, 7) is 6.41. The number of aryl methyl sites for hydroxylation is 1. The van der Waals surface area contributed by atoms with Gasteiger partial charge in [-0.25, -0.2) is 8.42 Å². The lowest BCUT2D eigenvalue weighted by Gasteiger charge is -2.24. The van der Waals surface area contributed by atoms with Gasteiger partial charge in [0.15, 0.2) is 9.84 Å². The van der Waals surface area contributed by atoms with Gasteiger partial charge < -0.3 is 15.0 Å². The molecule has 0 bridgehead atoms. The van der Waals surface area contributed by atoms with E-state index in [0.717, 1.165) is 43.9 Å². The molecule has 0 radical (unpaired) electrons. The van der Waals surface area contributed by atoms with Crippen LogP contribution in [0.4, 0.5) is 5.69 Å². The van der Waals surface area contributed by atoms with Gasteiger partial charge in [0.05, 0.1) is 5.75 Å². The van der Waals surface area contributed by atoms with Crippen LogP contribution in [0.3, 0.4) is 0 Å². The standard InChI is InChI=1S/C15H24N2O3S/c1-13-12-14(20-10-11-21(2,18)19)4-5-15(13)17-8-3-6-16-7-9-17/h4-5,12,16H,3,6-11H2,1-2H3. The van der Waals surface area contributed by atoms with E-state index in [4.69, 9.17) is 4.74 Å². The van der Waals surface area contributed by atoms with Crippen LogP contribution in [0.25, 0.3) is 0 Å². The van der Waals surface area contributed by atoms with Crippen LogP contribution in [0.1, 0.15) is 12.0 Å². The molecule has 0 unspecified atom stereocenters. The van der Waals surface area contributed by atoms with Crippen LogP contribution >= 0.6 is 0 Å². The molecule has 1 heterocycles. The van der Waals surface area contributed by atoms with Gasteiger partial charge in [-0.1, -0.05) is 0 Å². The molecule has 6 heteroatoms. The molecule has 0 aromatic heterocycles. The predicted molar refractivity (Wildman–Crippen MR) is 86.1 cm³/mol. The molecule has 1 saturated heterocycles. The molecule has 1 aliphatic rings. The van der Waals surface area contributed by atoms with Gasteiger partial charge in [-0.05, 0) is 43.7 Å². The van der Waals surface area contributed by atoms with E-state index in [9.17, 15) is 8.42 Å². The molecule has 118 valence electrons. The summed E-state index contributed by atoms with van der Waals surface area (Å²) in [5.41, 5.74) is 2.39. The van der Waals surface area contributed by atoms with E-state index >= 15 is 0 Å². The van der Waals surface area contributed by atoms with Crippen molar-refractivity contribution in [2.45, 2.75) is 13.3 Å². The minimum Gasteiger partial charge on any atom is -0.493 e. The van der Waals surface area contributed by atoms with Crippen molar-refractivity contribution in [2.75, 3.05) is 49.7 Å². The average Bonchev–Trinajstić information content (AvgIpc) is 2.66. The van der Waals surface area contributed by atoms with Gasteiger partial charge in [-0.3, -0.25) is 0 Å². The predicted octanol–water partition coefficient (Wildman–Crippen LogP) is 1.22. The number of rotatable bonds is 5. The van der Waals surface area contributed by atoms with Crippen molar-refractivity contribution < 1.29 is 13.2 Å². The van der Waals surface area contributed by atoms with Gasteiger partial charge in [0.25, 0.3) is 0 Å². The SMILES string of the molecule is Cc1cc(OCCS(C)(=O)=O)ccc1N1CCCNCC1. The van der Waals surface area contributed by atoms with Crippen molar-refractivity contribution in [1.29, 1.82) is 0 Å². The minimum absolute atomic E-state index is 0.0472. The smallest absolute Gasteiger partial charge is 0.150 e. The fourth-order valence-electron chi connectivity index (χ4n) is 2.47. The highest BCUT2D eigenvalue weighted by atomic mass is 32.2. The zero-order valence-electron chi connectivity index (χ0n) is 12.8. The first-order valence-corrected chi connectivity index (χ1v) is 9.38. The summed E-state index contributed by atoms with van der Waals surface area (Å²) in [7, 11) is -2.97. The van der Waals surface area contributed by atoms with Gasteiger partial charge in [0.2, 0.25) is 0 Å². The number of nitrogens with one attached hydrogen (secondary N) is 1. The Labute approximate surface area is 127 Å². The number of benzene rings is 1. The quantitative estimate of drug-likeness (QED) is 0.886. The second-order valence-corrected chi connectivity index (χ2v) is 7.78. The molecule has 0 saturated carbocycles. The molecule has 1 aliphatic heterocycles. The van der Waals surface area contributed by atoms with Crippen molar-refractivity contribution >= 4 is 15.5 Å². The first-order valence-electron chi connectivity index (χ1n) is 7.32. The summed E-state index contributed by atoms with van der Waals surface area (Å²) in [5, 5.41) is 3.40. The fourth-order valence-corrected chi connectivity index (χ4v) is 2.86. The Morgan fingerprint density at radius 3 is 2.81 bits per heavy atom.